The van der Waals surface area contributed by atoms with E-state index in [1.54, 1.807) is 36.4 Å². The SMILES string of the molecule is CCc1cc(=O)oc2cc(C)cc(OCC(=O)N[C@@H](Cc3ccc(Cl)cc3)C(=O)[O-])c12. The first-order valence-corrected chi connectivity index (χ1v) is 10.1. The minimum atomic E-state index is -1.40. The lowest BCUT2D eigenvalue weighted by Crippen LogP contribution is -2.50. The third kappa shape index (κ3) is 5.64. The van der Waals surface area contributed by atoms with Crippen LogP contribution in [-0.2, 0) is 22.4 Å². The number of hydrogen-bond donors (Lipinski definition) is 1. The Balaban J connectivity index is 1.75. The normalized spacial score (nSPS) is 11.8. The second-order valence-electron chi connectivity index (χ2n) is 7.14. The Morgan fingerprint density at radius 3 is 2.55 bits per heavy atom. The number of halogens is 1. The van der Waals surface area contributed by atoms with Crippen molar-refractivity contribution in [3.63, 3.8) is 0 Å². The van der Waals surface area contributed by atoms with Gasteiger partial charge in [0.15, 0.2) is 6.61 Å². The summed E-state index contributed by atoms with van der Waals surface area (Å²) < 4.78 is 11.0. The predicted octanol–water partition coefficient (Wildman–Crippen LogP) is 2.17. The zero-order valence-corrected chi connectivity index (χ0v) is 17.8. The van der Waals surface area contributed by atoms with Gasteiger partial charge in [0, 0.05) is 11.1 Å². The Labute approximate surface area is 183 Å². The number of ether oxygens (including phenoxy) is 1. The molecule has 0 saturated carbocycles. The average Bonchev–Trinajstić information content (AvgIpc) is 2.71. The van der Waals surface area contributed by atoms with Gasteiger partial charge in [0.2, 0.25) is 0 Å². The number of carbonyl (C=O) groups is 2. The number of aryl methyl sites for hydroxylation is 2. The molecule has 31 heavy (non-hydrogen) atoms. The fourth-order valence-electron chi connectivity index (χ4n) is 3.29. The molecule has 2 aromatic carbocycles. The van der Waals surface area contributed by atoms with E-state index in [2.05, 4.69) is 5.32 Å². The zero-order valence-electron chi connectivity index (χ0n) is 17.1. The summed E-state index contributed by atoms with van der Waals surface area (Å²) in [5.41, 5.74) is 2.12. The Hall–Kier alpha value is -3.32. The zero-order chi connectivity index (χ0) is 22.5. The van der Waals surface area contributed by atoms with Gasteiger partial charge in [0.25, 0.3) is 5.91 Å². The number of carboxylic acids is 1. The molecule has 0 unspecified atom stereocenters. The maximum atomic E-state index is 12.4. The maximum absolute atomic E-state index is 12.4. The third-order valence-corrected chi connectivity index (χ3v) is 5.00. The first-order valence-electron chi connectivity index (χ1n) is 9.71. The van der Waals surface area contributed by atoms with Gasteiger partial charge in [-0.2, -0.15) is 0 Å². The van der Waals surface area contributed by atoms with E-state index >= 15 is 0 Å². The summed E-state index contributed by atoms with van der Waals surface area (Å²) in [5, 5.41) is 15.0. The molecule has 1 N–H and O–H groups in total. The second kappa shape index (κ2) is 9.66. The van der Waals surface area contributed by atoms with Crippen LogP contribution in [0.4, 0.5) is 0 Å². The number of hydrogen-bond acceptors (Lipinski definition) is 6. The number of fused-ring (bicyclic) bond motifs is 1. The van der Waals surface area contributed by atoms with E-state index in [0.29, 0.717) is 33.7 Å². The van der Waals surface area contributed by atoms with Crippen LogP contribution < -0.4 is 20.8 Å². The van der Waals surface area contributed by atoms with Gasteiger partial charge in [-0.1, -0.05) is 30.7 Å². The van der Waals surface area contributed by atoms with E-state index in [-0.39, 0.29) is 6.42 Å². The smallest absolute Gasteiger partial charge is 0.336 e. The van der Waals surface area contributed by atoms with Gasteiger partial charge in [-0.25, -0.2) is 4.79 Å². The Kier molecular flexibility index (Phi) is 6.97. The minimum absolute atomic E-state index is 0.0454. The summed E-state index contributed by atoms with van der Waals surface area (Å²) in [6, 6.07) is 10.3. The van der Waals surface area contributed by atoms with E-state index in [0.717, 1.165) is 11.1 Å². The summed E-state index contributed by atoms with van der Waals surface area (Å²) in [6.45, 7) is 3.29. The van der Waals surface area contributed by atoms with Gasteiger partial charge in [0.1, 0.15) is 11.3 Å². The van der Waals surface area contributed by atoms with Gasteiger partial charge in [-0.3, -0.25) is 4.79 Å². The molecule has 0 aliphatic carbocycles. The van der Waals surface area contributed by atoms with Crippen molar-refractivity contribution in [2.75, 3.05) is 6.61 Å². The van der Waals surface area contributed by atoms with E-state index in [4.69, 9.17) is 20.8 Å². The minimum Gasteiger partial charge on any atom is -0.548 e. The lowest BCUT2D eigenvalue weighted by molar-refractivity contribution is -0.308. The van der Waals surface area contributed by atoms with Crippen LogP contribution in [0.1, 0.15) is 23.6 Å². The lowest BCUT2D eigenvalue weighted by Gasteiger charge is -2.20. The third-order valence-electron chi connectivity index (χ3n) is 4.75. The second-order valence-corrected chi connectivity index (χ2v) is 7.58. The molecule has 0 fully saturated rings. The highest BCUT2D eigenvalue weighted by Crippen LogP contribution is 2.30. The molecule has 0 bridgehead atoms. The van der Waals surface area contributed by atoms with Crippen LogP contribution in [0.5, 0.6) is 5.75 Å². The van der Waals surface area contributed by atoms with Crippen molar-refractivity contribution in [1.29, 1.82) is 0 Å². The Bertz CT molecular complexity index is 1170. The van der Waals surface area contributed by atoms with Crippen LogP contribution in [0.15, 0.2) is 51.7 Å². The van der Waals surface area contributed by atoms with Crippen LogP contribution in [-0.4, -0.2) is 24.5 Å². The molecule has 0 radical (unpaired) electrons. The van der Waals surface area contributed by atoms with Gasteiger partial charge in [-0.05, 0) is 60.7 Å². The van der Waals surface area contributed by atoms with Crippen molar-refractivity contribution in [2.24, 2.45) is 0 Å². The highest BCUT2D eigenvalue weighted by molar-refractivity contribution is 6.30. The van der Waals surface area contributed by atoms with E-state index in [1.165, 1.54) is 6.07 Å². The van der Waals surface area contributed by atoms with Crippen LogP contribution in [0.3, 0.4) is 0 Å². The van der Waals surface area contributed by atoms with E-state index < -0.39 is 30.2 Å². The summed E-state index contributed by atoms with van der Waals surface area (Å²) in [5.74, 6) is -1.64. The van der Waals surface area contributed by atoms with E-state index in [1.807, 2.05) is 13.8 Å². The maximum Gasteiger partial charge on any atom is 0.336 e. The van der Waals surface area contributed by atoms with Gasteiger partial charge in [0.05, 0.1) is 17.4 Å². The summed E-state index contributed by atoms with van der Waals surface area (Å²) in [7, 11) is 0. The Morgan fingerprint density at radius 1 is 1.19 bits per heavy atom. The standard InChI is InChI=1S/C23H22ClNO6/c1-3-15-11-21(27)31-19-9-13(2)8-18(22(15)19)30-12-20(26)25-17(23(28)29)10-14-4-6-16(24)7-5-14/h4-9,11,17H,3,10,12H2,1-2H3,(H,25,26)(H,28,29)/p-1/t17-/m0/s1. The molecule has 1 amide bonds. The number of carbonyl (C=O) groups excluding carboxylic acids is 2. The average molecular weight is 443 g/mol. The molecule has 0 spiro atoms. The fraction of sp³-hybridized carbons (Fsp3) is 0.261. The first kappa shape index (κ1) is 22.4. The fourth-order valence-corrected chi connectivity index (χ4v) is 3.42. The Morgan fingerprint density at radius 2 is 1.90 bits per heavy atom. The largest absolute Gasteiger partial charge is 0.548 e. The van der Waals surface area contributed by atoms with Crippen LogP contribution in [0.2, 0.25) is 5.02 Å². The molecule has 0 aliphatic heterocycles. The van der Waals surface area contributed by atoms with Crippen molar-refractivity contribution in [3.05, 3.63) is 74.6 Å². The van der Waals surface area contributed by atoms with Crippen molar-refractivity contribution in [1.82, 2.24) is 5.32 Å². The summed E-state index contributed by atoms with van der Waals surface area (Å²) in [6.07, 6.45) is 0.616. The van der Waals surface area contributed by atoms with Crippen molar-refractivity contribution in [2.45, 2.75) is 32.7 Å². The highest BCUT2D eigenvalue weighted by atomic mass is 35.5. The van der Waals surface area contributed by atoms with Crippen molar-refractivity contribution in [3.8, 4) is 5.75 Å². The molecule has 0 saturated heterocycles. The van der Waals surface area contributed by atoms with Gasteiger partial charge in [-0.15, -0.1) is 0 Å². The molecule has 1 atom stereocenters. The molecule has 0 aliphatic rings. The summed E-state index contributed by atoms with van der Waals surface area (Å²) >= 11 is 5.84. The molecule has 3 rings (SSSR count). The number of nitrogens with one attached hydrogen (secondary N) is 1. The molecule has 1 aromatic heterocycles. The van der Waals surface area contributed by atoms with Crippen molar-refractivity contribution < 1.29 is 23.8 Å². The van der Waals surface area contributed by atoms with E-state index in [9.17, 15) is 19.5 Å². The number of rotatable bonds is 8. The van der Waals surface area contributed by atoms with Crippen molar-refractivity contribution >= 4 is 34.4 Å². The molecule has 3 aromatic rings. The number of carboxylic acid groups (broad SMARTS) is 1. The van der Waals surface area contributed by atoms with Crippen LogP contribution in [0.25, 0.3) is 11.0 Å². The quantitative estimate of drug-likeness (QED) is 0.535. The molecular formula is C23H21ClNO6-. The molecule has 8 heteroatoms. The van der Waals surface area contributed by atoms with Crippen LogP contribution in [0, 0.1) is 6.92 Å². The highest BCUT2D eigenvalue weighted by Gasteiger charge is 2.17. The van der Waals surface area contributed by atoms with Gasteiger partial charge >= 0.3 is 5.63 Å². The van der Waals surface area contributed by atoms with Gasteiger partial charge < -0.3 is 24.4 Å². The monoisotopic (exact) mass is 442 g/mol. The lowest BCUT2D eigenvalue weighted by atomic mass is 10.0. The molecule has 162 valence electrons. The first-order chi connectivity index (χ1) is 14.8. The molecule has 7 nitrogen and oxygen atoms in total. The topological polar surface area (TPSA) is 109 Å². The number of benzene rings is 2. The predicted molar refractivity (Wildman–Crippen MR) is 114 cm³/mol. The number of amides is 1. The van der Waals surface area contributed by atoms with Crippen LogP contribution >= 0.6 is 11.6 Å². The summed E-state index contributed by atoms with van der Waals surface area (Å²) in [4.78, 5) is 35.6. The molecule has 1 heterocycles. The number of aliphatic carboxylic acids is 1. The molecular weight excluding hydrogens is 422 g/mol.